The van der Waals surface area contributed by atoms with Crippen LogP contribution in [0.3, 0.4) is 0 Å². The van der Waals surface area contributed by atoms with Crippen LogP contribution in [0.4, 0.5) is 0 Å². The zero-order valence-electron chi connectivity index (χ0n) is 7.94. The molecule has 0 saturated heterocycles. The van der Waals surface area contributed by atoms with E-state index < -0.39 is 18.9 Å². The predicted octanol–water partition coefficient (Wildman–Crippen LogP) is -2.63. The molecule has 0 rings (SSSR count). The number of carbonyl (C=O) groups is 2. The van der Waals surface area contributed by atoms with E-state index in [1.807, 2.05) is 0 Å². The van der Waals surface area contributed by atoms with Gasteiger partial charge in [-0.1, -0.05) is 0 Å². The van der Waals surface area contributed by atoms with E-state index in [2.05, 4.69) is 4.74 Å². The Labute approximate surface area is 88.5 Å². The van der Waals surface area contributed by atoms with Crippen LogP contribution in [-0.2, 0) is 18.9 Å². The number of esters is 1. The van der Waals surface area contributed by atoms with Crippen LogP contribution >= 0.6 is 7.37 Å². The SMILES string of the molecule is COC(=O)CCC(=O)P(C)(=O)O.[Li+]. The zero-order valence-corrected chi connectivity index (χ0v) is 8.84. The largest absolute Gasteiger partial charge is 1.00 e. The molecule has 0 saturated carbocycles. The first kappa shape index (κ1) is 15.4. The summed E-state index contributed by atoms with van der Waals surface area (Å²) in [6, 6.07) is 0. The van der Waals surface area contributed by atoms with Gasteiger partial charge in [-0.05, 0) is 0 Å². The topological polar surface area (TPSA) is 80.7 Å². The molecule has 70 valence electrons. The van der Waals surface area contributed by atoms with Crippen molar-refractivity contribution >= 4 is 18.9 Å². The number of rotatable bonds is 4. The summed E-state index contributed by atoms with van der Waals surface area (Å²) in [7, 11) is -2.48. The minimum absolute atomic E-state index is 0. The van der Waals surface area contributed by atoms with Crippen molar-refractivity contribution in [1.29, 1.82) is 0 Å². The quantitative estimate of drug-likeness (QED) is 0.305. The summed E-state index contributed by atoms with van der Waals surface area (Å²) in [6.07, 6.45) is -0.384. The normalized spacial score (nSPS) is 13.8. The average molecular weight is 201 g/mol. The molecule has 0 spiro atoms. The van der Waals surface area contributed by atoms with Gasteiger partial charge in [-0.25, -0.2) is 0 Å². The fourth-order valence-electron chi connectivity index (χ4n) is 0.519. The molecule has 1 unspecified atom stereocenters. The number of hydrogen-bond acceptors (Lipinski definition) is 4. The van der Waals surface area contributed by atoms with E-state index >= 15 is 0 Å². The molecule has 0 aliphatic carbocycles. The third-order valence-electron chi connectivity index (χ3n) is 1.23. The van der Waals surface area contributed by atoms with Gasteiger partial charge < -0.3 is 9.63 Å². The molecule has 0 aromatic heterocycles. The van der Waals surface area contributed by atoms with Crippen LogP contribution < -0.4 is 18.9 Å². The van der Waals surface area contributed by atoms with Crippen LogP contribution in [0.25, 0.3) is 0 Å². The fraction of sp³-hybridized carbons (Fsp3) is 0.667. The van der Waals surface area contributed by atoms with Crippen molar-refractivity contribution in [2.45, 2.75) is 12.8 Å². The summed E-state index contributed by atoms with van der Waals surface area (Å²) in [5, 5.41) is 0. The average Bonchev–Trinajstić information content (AvgIpc) is 1.97. The number of ether oxygens (including phenoxy) is 1. The van der Waals surface area contributed by atoms with Crippen LogP contribution in [0, 0.1) is 0 Å². The summed E-state index contributed by atoms with van der Waals surface area (Å²) in [5.74, 6) is -0.559. The molecule has 0 aliphatic heterocycles. The van der Waals surface area contributed by atoms with Crippen molar-refractivity contribution in [1.82, 2.24) is 0 Å². The third kappa shape index (κ3) is 7.03. The van der Waals surface area contributed by atoms with Crippen molar-refractivity contribution in [3.63, 3.8) is 0 Å². The Morgan fingerprint density at radius 2 is 1.85 bits per heavy atom. The monoisotopic (exact) mass is 201 g/mol. The van der Waals surface area contributed by atoms with E-state index in [4.69, 9.17) is 4.89 Å². The van der Waals surface area contributed by atoms with Crippen LogP contribution in [0.5, 0.6) is 0 Å². The second-order valence-corrected chi connectivity index (χ2v) is 4.61. The standard InChI is InChI=1S/C6H11O5P.Li/c1-11-5(7)3-4-6(8)12(2,9)10;/h3-4H2,1-2H3,(H,9,10);/q;+1. The van der Waals surface area contributed by atoms with Gasteiger partial charge in [-0.2, -0.15) is 0 Å². The van der Waals surface area contributed by atoms with E-state index in [0.29, 0.717) is 0 Å². The first-order valence-electron chi connectivity index (χ1n) is 3.28. The Balaban J connectivity index is 0. The van der Waals surface area contributed by atoms with E-state index in [9.17, 15) is 14.2 Å². The molecule has 0 aliphatic rings. The molecule has 0 heterocycles. The zero-order chi connectivity index (χ0) is 9.78. The number of methoxy groups -OCH3 is 1. The first-order chi connectivity index (χ1) is 5.38. The summed E-state index contributed by atoms with van der Waals surface area (Å²) >= 11 is 0. The summed E-state index contributed by atoms with van der Waals surface area (Å²) in [5.41, 5.74) is -0.798. The summed E-state index contributed by atoms with van der Waals surface area (Å²) in [6.45, 7) is 0.951. The molecule has 0 aromatic rings. The van der Waals surface area contributed by atoms with Gasteiger partial charge in [0.15, 0.2) is 0 Å². The van der Waals surface area contributed by atoms with Crippen LogP contribution in [-0.4, -0.2) is 30.2 Å². The first-order valence-corrected chi connectivity index (χ1v) is 5.39. The Hall–Kier alpha value is -0.0726. The molecule has 0 radical (unpaired) electrons. The second-order valence-electron chi connectivity index (χ2n) is 2.35. The van der Waals surface area contributed by atoms with Gasteiger partial charge in [0.25, 0.3) is 7.37 Å². The summed E-state index contributed by atoms with van der Waals surface area (Å²) < 4.78 is 14.9. The smallest absolute Gasteiger partial charge is 0.469 e. The van der Waals surface area contributed by atoms with E-state index in [0.717, 1.165) is 6.66 Å². The van der Waals surface area contributed by atoms with Gasteiger partial charge in [0.1, 0.15) is 0 Å². The van der Waals surface area contributed by atoms with Crippen molar-refractivity contribution < 1.29 is 42.6 Å². The van der Waals surface area contributed by atoms with E-state index in [-0.39, 0.29) is 31.7 Å². The van der Waals surface area contributed by atoms with E-state index in [1.165, 1.54) is 7.11 Å². The van der Waals surface area contributed by atoms with Crippen LogP contribution in [0.1, 0.15) is 12.8 Å². The molecule has 0 fully saturated rings. The molecule has 5 nitrogen and oxygen atoms in total. The molecule has 13 heavy (non-hydrogen) atoms. The maximum absolute atomic E-state index is 10.8. The van der Waals surface area contributed by atoms with Gasteiger partial charge >= 0.3 is 24.8 Å². The van der Waals surface area contributed by atoms with Crippen LogP contribution in [0.15, 0.2) is 0 Å². The van der Waals surface area contributed by atoms with Gasteiger partial charge in [0.2, 0.25) is 5.52 Å². The molecule has 0 aromatic carbocycles. The number of hydrogen-bond donors (Lipinski definition) is 1. The Morgan fingerprint density at radius 1 is 1.38 bits per heavy atom. The second kappa shape index (κ2) is 6.39. The molecule has 0 amide bonds. The molecule has 1 N–H and O–H groups in total. The Kier molecular flexibility index (Phi) is 7.57. The maximum atomic E-state index is 10.8. The predicted molar refractivity (Wildman–Crippen MR) is 42.0 cm³/mol. The van der Waals surface area contributed by atoms with Gasteiger partial charge in [0.05, 0.1) is 13.5 Å². The minimum Gasteiger partial charge on any atom is -0.469 e. The maximum Gasteiger partial charge on any atom is 1.00 e. The summed E-state index contributed by atoms with van der Waals surface area (Å²) in [4.78, 5) is 30.0. The Bertz CT molecular complexity index is 233. The molecule has 0 bridgehead atoms. The van der Waals surface area contributed by atoms with Gasteiger partial charge in [0, 0.05) is 13.1 Å². The molecular formula is C6H11LiO5P+. The molecular weight excluding hydrogens is 190 g/mol. The van der Waals surface area contributed by atoms with Crippen molar-refractivity contribution in [3.8, 4) is 0 Å². The Morgan fingerprint density at radius 3 is 2.15 bits per heavy atom. The van der Waals surface area contributed by atoms with Crippen molar-refractivity contribution in [2.75, 3.05) is 13.8 Å². The molecule has 1 atom stereocenters. The number of carbonyl (C=O) groups excluding carboxylic acids is 2. The van der Waals surface area contributed by atoms with Crippen molar-refractivity contribution in [3.05, 3.63) is 0 Å². The van der Waals surface area contributed by atoms with Gasteiger partial charge in [-0.3, -0.25) is 14.2 Å². The molecule has 7 heteroatoms. The fourth-order valence-corrected chi connectivity index (χ4v) is 1.05. The van der Waals surface area contributed by atoms with Gasteiger partial charge in [-0.15, -0.1) is 0 Å². The van der Waals surface area contributed by atoms with E-state index in [1.54, 1.807) is 0 Å². The minimum atomic E-state index is -3.67. The van der Waals surface area contributed by atoms with Crippen LogP contribution in [0.2, 0.25) is 0 Å². The third-order valence-corrected chi connectivity index (χ3v) is 2.38. The van der Waals surface area contributed by atoms with Crippen molar-refractivity contribution in [2.24, 2.45) is 0 Å².